The Bertz CT molecular complexity index is 2920. The minimum absolute atomic E-state index is 0.681. The predicted molar refractivity (Wildman–Crippen MR) is 191 cm³/mol. The largest absolute Gasteiger partial charge is 0.309 e. The maximum Gasteiger partial charge on any atom is 0.0991 e. The molecule has 1 aromatic heterocycles. The molecule has 2 nitrogen and oxygen atoms in total. The smallest absolute Gasteiger partial charge is 0.0991 e. The van der Waals surface area contributed by atoms with Crippen molar-refractivity contribution in [2.24, 2.45) is 0 Å². The van der Waals surface area contributed by atoms with Gasteiger partial charge in [0.2, 0.25) is 0 Å². The molecule has 0 saturated carbocycles. The van der Waals surface area contributed by atoms with Gasteiger partial charge in [0.05, 0.1) is 22.7 Å². The van der Waals surface area contributed by atoms with Crippen molar-refractivity contribution in [3.8, 4) is 11.8 Å². The summed E-state index contributed by atoms with van der Waals surface area (Å²) < 4.78 is 2.48. The van der Waals surface area contributed by atoms with E-state index in [2.05, 4.69) is 144 Å². The van der Waals surface area contributed by atoms with Crippen molar-refractivity contribution in [2.75, 3.05) is 0 Å². The van der Waals surface area contributed by atoms with Crippen LogP contribution in [0.3, 0.4) is 0 Å². The number of benzene rings is 9. The average molecular weight is 569 g/mol. The molecule has 0 N–H and O–H groups in total. The molecule has 0 fully saturated rings. The number of nitrogens with zero attached hydrogens (tertiary/aromatic N) is 2. The third-order valence-electron chi connectivity index (χ3n) is 9.73. The summed E-state index contributed by atoms with van der Waals surface area (Å²) >= 11 is 0. The van der Waals surface area contributed by atoms with Gasteiger partial charge in [0.15, 0.2) is 0 Å². The van der Waals surface area contributed by atoms with Crippen molar-refractivity contribution in [3.63, 3.8) is 0 Å². The summed E-state index contributed by atoms with van der Waals surface area (Å²) in [5.74, 6) is 0. The van der Waals surface area contributed by atoms with Crippen molar-refractivity contribution < 1.29 is 0 Å². The van der Waals surface area contributed by atoms with Crippen LogP contribution in [0.2, 0.25) is 0 Å². The normalized spacial score (nSPS) is 12.0. The highest BCUT2D eigenvalue weighted by Crippen LogP contribution is 2.45. The molecule has 45 heavy (non-hydrogen) atoms. The van der Waals surface area contributed by atoms with Gasteiger partial charge in [0.1, 0.15) is 0 Å². The Morgan fingerprint density at radius 1 is 0.400 bits per heavy atom. The molecule has 1 heterocycles. The molecule has 10 rings (SSSR count). The lowest BCUT2D eigenvalue weighted by Crippen LogP contribution is -1.96. The van der Waals surface area contributed by atoms with Crippen LogP contribution in [0.4, 0.5) is 0 Å². The van der Waals surface area contributed by atoms with Crippen LogP contribution in [0.5, 0.6) is 0 Å². The summed E-state index contributed by atoms with van der Waals surface area (Å²) in [6.07, 6.45) is 0. The van der Waals surface area contributed by atoms with Gasteiger partial charge in [0, 0.05) is 21.8 Å². The van der Waals surface area contributed by atoms with Gasteiger partial charge in [-0.2, -0.15) is 5.26 Å². The number of nitriles is 1. The first-order valence-corrected chi connectivity index (χ1v) is 15.3. The van der Waals surface area contributed by atoms with Crippen LogP contribution in [0.15, 0.2) is 146 Å². The zero-order chi connectivity index (χ0) is 29.6. The fourth-order valence-electron chi connectivity index (χ4n) is 7.87. The van der Waals surface area contributed by atoms with E-state index in [0.717, 1.165) is 11.1 Å². The van der Waals surface area contributed by atoms with E-state index in [1.54, 1.807) is 0 Å². The number of fused-ring (bicyclic) bond motifs is 16. The first-order valence-electron chi connectivity index (χ1n) is 15.3. The van der Waals surface area contributed by atoms with Crippen molar-refractivity contribution in [1.29, 1.82) is 5.26 Å². The minimum atomic E-state index is 0.681. The van der Waals surface area contributed by atoms with Crippen LogP contribution in [0, 0.1) is 11.3 Å². The predicted octanol–water partition coefficient (Wildman–Crippen LogP) is 11.6. The Labute approximate surface area is 258 Å². The van der Waals surface area contributed by atoms with Gasteiger partial charge in [-0.15, -0.1) is 0 Å². The first kappa shape index (κ1) is 24.3. The quantitative estimate of drug-likeness (QED) is 0.181. The summed E-state index contributed by atoms with van der Waals surface area (Å²) in [5.41, 5.74) is 4.25. The lowest BCUT2D eigenvalue weighted by molar-refractivity contribution is 1.19. The molecule has 2 heteroatoms. The van der Waals surface area contributed by atoms with Crippen LogP contribution in [0.25, 0.3) is 92.1 Å². The lowest BCUT2D eigenvalue weighted by atomic mass is 9.92. The van der Waals surface area contributed by atoms with E-state index in [4.69, 9.17) is 0 Å². The second kappa shape index (κ2) is 8.92. The van der Waals surface area contributed by atoms with Crippen LogP contribution >= 0.6 is 0 Å². The molecule has 0 aliphatic rings. The number of para-hydroxylation sites is 1. The van der Waals surface area contributed by atoms with E-state index in [0.29, 0.717) is 5.56 Å². The Balaban J connectivity index is 1.42. The van der Waals surface area contributed by atoms with Crippen molar-refractivity contribution in [2.45, 2.75) is 0 Å². The molecule has 0 aliphatic heterocycles. The zero-order valence-electron chi connectivity index (χ0n) is 24.3. The van der Waals surface area contributed by atoms with Crippen molar-refractivity contribution in [3.05, 3.63) is 151 Å². The van der Waals surface area contributed by atoms with Crippen LogP contribution in [-0.2, 0) is 0 Å². The van der Waals surface area contributed by atoms with E-state index in [9.17, 15) is 5.26 Å². The van der Waals surface area contributed by atoms with Gasteiger partial charge >= 0.3 is 0 Å². The highest BCUT2D eigenvalue weighted by molar-refractivity contribution is 6.36. The maximum absolute atomic E-state index is 9.64. The monoisotopic (exact) mass is 568 g/mol. The molecule has 0 unspecified atom stereocenters. The summed E-state index contributed by atoms with van der Waals surface area (Å²) in [6, 6.07) is 54.9. The fourth-order valence-corrected chi connectivity index (χ4v) is 7.87. The molecule has 0 radical (unpaired) electrons. The summed E-state index contributed by atoms with van der Waals surface area (Å²) in [4.78, 5) is 0. The summed E-state index contributed by atoms with van der Waals surface area (Å²) in [5, 5.41) is 26.9. The number of rotatable bonds is 1. The van der Waals surface area contributed by atoms with Gasteiger partial charge in [0.25, 0.3) is 0 Å². The third kappa shape index (κ3) is 3.22. The second-order valence-corrected chi connectivity index (χ2v) is 12.0. The summed E-state index contributed by atoms with van der Waals surface area (Å²) in [6.45, 7) is 0. The van der Waals surface area contributed by atoms with E-state index >= 15 is 0 Å². The first-order chi connectivity index (χ1) is 22.3. The third-order valence-corrected chi connectivity index (χ3v) is 9.73. The van der Waals surface area contributed by atoms with Gasteiger partial charge in [-0.1, -0.05) is 115 Å². The molecule has 9 aromatic carbocycles. The average Bonchev–Trinajstić information content (AvgIpc) is 3.47. The zero-order valence-corrected chi connectivity index (χ0v) is 24.3. The molecule has 0 spiro atoms. The van der Waals surface area contributed by atoms with E-state index in [1.165, 1.54) is 81.1 Å². The van der Waals surface area contributed by atoms with Crippen molar-refractivity contribution >= 4 is 86.4 Å². The van der Waals surface area contributed by atoms with Gasteiger partial charge in [-0.3, -0.25) is 0 Å². The molecule has 0 atom stereocenters. The molecule has 0 aliphatic carbocycles. The van der Waals surface area contributed by atoms with Crippen LogP contribution in [-0.4, -0.2) is 4.57 Å². The Hall–Kier alpha value is -6.17. The topological polar surface area (TPSA) is 28.7 Å². The van der Waals surface area contributed by atoms with E-state index in [-0.39, 0.29) is 0 Å². The standard InChI is InChI=1S/C43H24N2/c44-25-26-17-20-32-33-22-19-28(24-39(33)31-12-4-3-11-30(31)38(32)23-26)45-40-16-8-7-15-36(40)42-35-14-6-5-13-34(35)41-29-10-2-1-9-27(29)18-21-37(41)43(42)45/h1-24H. The second-order valence-electron chi connectivity index (χ2n) is 12.0. The minimum Gasteiger partial charge on any atom is -0.309 e. The highest BCUT2D eigenvalue weighted by Gasteiger charge is 2.20. The number of hydrogen-bond donors (Lipinski definition) is 0. The SMILES string of the molecule is N#Cc1ccc2c3ccc(-n4c5ccccc5c5c6ccccc6c6c7ccccc7ccc6c54)cc3c3ccccc3c2c1. The Kier molecular flexibility index (Phi) is 4.82. The maximum atomic E-state index is 9.64. The highest BCUT2D eigenvalue weighted by atomic mass is 15.0. The van der Waals surface area contributed by atoms with E-state index < -0.39 is 0 Å². The van der Waals surface area contributed by atoms with Gasteiger partial charge < -0.3 is 4.57 Å². The molecule has 0 bridgehead atoms. The van der Waals surface area contributed by atoms with Crippen LogP contribution in [0.1, 0.15) is 5.56 Å². The van der Waals surface area contributed by atoms with Gasteiger partial charge in [-0.25, -0.2) is 0 Å². The van der Waals surface area contributed by atoms with Crippen LogP contribution < -0.4 is 0 Å². The molecule has 0 saturated heterocycles. The molecular weight excluding hydrogens is 544 g/mol. The molecular formula is C43H24N2. The van der Waals surface area contributed by atoms with Gasteiger partial charge in [-0.05, 0) is 89.6 Å². The fraction of sp³-hybridized carbons (Fsp3) is 0. The molecule has 206 valence electrons. The Morgan fingerprint density at radius 2 is 0.956 bits per heavy atom. The molecule has 10 aromatic rings. The summed E-state index contributed by atoms with van der Waals surface area (Å²) in [7, 11) is 0. The van der Waals surface area contributed by atoms with E-state index in [1.807, 2.05) is 12.1 Å². The van der Waals surface area contributed by atoms with Crippen molar-refractivity contribution in [1.82, 2.24) is 4.57 Å². The number of aromatic nitrogens is 1. The lowest BCUT2D eigenvalue weighted by Gasteiger charge is -2.16. The molecule has 0 amide bonds. The Morgan fingerprint density at radius 3 is 1.71 bits per heavy atom. The number of hydrogen-bond acceptors (Lipinski definition) is 1.